The van der Waals surface area contributed by atoms with Gasteiger partial charge in [-0.25, -0.2) is 0 Å². The van der Waals surface area contributed by atoms with E-state index >= 15 is 0 Å². The van der Waals surface area contributed by atoms with E-state index in [1.54, 1.807) is 12.1 Å². The van der Waals surface area contributed by atoms with Gasteiger partial charge < -0.3 is 11.1 Å². The van der Waals surface area contributed by atoms with Gasteiger partial charge in [-0.15, -0.1) is 0 Å². The van der Waals surface area contributed by atoms with E-state index in [1.807, 2.05) is 0 Å². The minimum Gasteiger partial charge on any atom is -0.399 e. The normalized spacial score (nSPS) is 10.1. The molecule has 2 aromatic carbocycles. The molecule has 0 aromatic heterocycles. The highest BCUT2D eigenvalue weighted by atomic mass is 35.5. The number of hydrogen-bond donors (Lipinski definition) is 2. The zero-order valence-electron chi connectivity index (χ0n) is 10.2. The fraction of sp³-hybridized carbons (Fsp3) is 0. The lowest BCUT2D eigenvalue weighted by Gasteiger charge is -2.08. The van der Waals surface area contributed by atoms with E-state index < -0.39 is 10.8 Å². The molecule has 0 saturated carbocycles. The number of hydrogen-bond acceptors (Lipinski definition) is 4. The molecule has 0 atom stereocenters. The third-order valence-corrected chi connectivity index (χ3v) is 2.89. The number of nitrogens with two attached hydrogens (primary N) is 1. The van der Waals surface area contributed by atoms with E-state index in [9.17, 15) is 14.9 Å². The smallest absolute Gasteiger partial charge is 0.270 e. The Bertz CT molecular complexity index is 688. The number of anilines is 2. The monoisotopic (exact) mass is 291 g/mol. The molecule has 0 bridgehead atoms. The van der Waals surface area contributed by atoms with Crippen molar-refractivity contribution in [3.63, 3.8) is 0 Å². The molecule has 2 rings (SSSR count). The molecule has 0 aliphatic rings. The van der Waals surface area contributed by atoms with Crippen LogP contribution in [-0.2, 0) is 0 Å². The van der Waals surface area contributed by atoms with Gasteiger partial charge in [0.25, 0.3) is 11.6 Å². The van der Waals surface area contributed by atoms with Gasteiger partial charge in [-0.05, 0) is 24.3 Å². The van der Waals surface area contributed by atoms with Gasteiger partial charge in [0.05, 0.1) is 15.6 Å². The van der Waals surface area contributed by atoms with Crippen LogP contribution in [0.1, 0.15) is 10.4 Å². The molecule has 7 heteroatoms. The summed E-state index contributed by atoms with van der Waals surface area (Å²) in [6.45, 7) is 0. The first-order valence-corrected chi connectivity index (χ1v) is 5.96. The van der Waals surface area contributed by atoms with Crippen molar-refractivity contribution in [3.8, 4) is 0 Å². The Balaban J connectivity index is 2.26. The van der Waals surface area contributed by atoms with Gasteiger partial charge in [0.15, 0.2) is 0 Å². The highest BCUT2D eigenvalue weighted by Crippen LogP contribution is 2.25. The molecule has 20 heavy (non-hydrogen) atoms. The number of benzene rings is 2. The van der Waals surface area contributed by atoms with Crippen LogP contribution in [0.25, 0.3) is 0 Å². The number of nitro benzene ring substituents is 1. The Hall–Kier alpha value is -2.60. The van der Waals surface area contributed by atoms with Crippen molar-refractivity contribution in [2.75, 3.05) is 11.1 Å². The topological polar surface area (TPSA) is 98.3 Å². The Morgan fingerprint density at radius 3 is 2.70 bits per heavy atom. The van der Waals surface area contributed by atoms with Gasteiger partial charge >= 0.3 is 0 Å². The van der Waals surface area contributed by atoms with Crippen molar-refractivity contribution in [2.24, 2.45) is 0 Å². The summed E-state index contributed by atoms with van der Waals surface area (Å²) in [6, 6.07) is 10.1. The average Bonchev–Trinajstić information content (AvgIpc) is 2.43. The first kappa shape index (κ1) is 13.8. The van der Waals surface area contributed by atoms with Crippen LogP contribution in [-0.4, -0.2) is 10.8 Å². The number of carbonyl (C=O) groups excluding carboxylic acids is 1. The molecule has 0 aliphatic carbocycles. The lowest BCUT2D eigenvalue weighted by molar-refractivity contribution is -0.384. The van der Waals surface area contributed by atoms with Crippen LogP contribution in [0.3, 0.4) is 0 Å². The largest absolute Gasteiger partial charge is 0.399 e. The summed E-state index contributed by atoms with van der Waals surface area (Å²) in [5.74, 6) is -0.499. The summed E-state index contributed by atoms with van der Waals surface area (Å²) in [4.78, 5) is 22.1. The quantitative estimate of drug-likeness (QED) is 0.516. The van der Waals surface area contributed by atoms with Crippen LogP contribution in [0, 0.1) is 10.1 Å². The summed E-state index contributed by atoms with van der Waals surface area (Å²) >= 11 is 5.93. The lowest BCUT2D eigenvalue weighted by Crippen LogP contribution is -2.12. The molecule has 3 N–H and O–H groups in total. The molecule has 0 saturated heterocycles. The second-order valence-corrected chi connectivity index (χ2v) is 4.41. The van der Waals surface area contributed by atoms with E-state index in [0.717, 1.165) is 0 Å². The molecule has 0 heterocycles. The van der Waals surface area contributed by atoms with Crippen LogP contribution in [0.5, 0.6) is 0 Å². The summed E-state index contributed by atoms with van der Waals surface area (Å²) in [5, 5.41) is 13.6. The van der Waals surface area contributed by atoms with Crippen LogP contribution in [0.4, 0.5) is 17.1 Å². The summed E-state index contributed by atoms with van der Waals surface area (Å²) in [5.41, 5.74) is 6.41. The number of carbonyl (C=O) groups is 1. The molecule has 102 valence electrons. The minimum atomic E-state index is -0.565. The van der Waals surface area contributed by atoms with Crippen molar-refractivity contribution in [1.82, 2.24) is 0 Å². The average molecular weight is 292 g/mol. The maximum absolute atomic E-state index is 12.0. The lowest BCUT2D eigenvalue weighted by atomic mass is 10.2. The predicted molar refractivity (Wildman–Crippen MR) is 76.9 cm³/mol. The van der Waals surface area contributed by atoms with E-state index in [-0.39, 0.29) is 11.3 Å². The van der Waals surface area contributed by atoms with Crippen LogP contribution >= 0.6 is 11.6 Å². The molecule has 1 amide bonds. The highest BCUT2D eigenvalue weighted by Gasteiger charge is 2.12. The molecule has 0 unspecified atom stereocenters. The number of nitro groups is 1. The number of nitrogens with zero attached hydrogens (tertiary/aromatic N) is 1. The zero-order chi connectivity index (χ0) is 14.7. The van der Waals surface area contributed by atoms with Gasteiger partial charge in [0.1, 0.15) is 0 Å². The fourth-order valence-corrected chi connectivity index (χ4v) is 1.76. The SMILES string of the molecule is Nc1ccc(Cl)c(NC(=O)c2cccc([N+](=O)[O-])c2)c1. The summed E-state index contributed by atoms with van der Waals surface area (Å²) in [7, 11) is 0. The number of nitrogens with one attached hydrogen (secondary N) is 1. The third-order valence-electron chi connectivity index (χ3n) is 2.56. The minimum absolute atomic E-state index is 0.156. The van der Waals surface area contributed by atoms with E-state index in [2.05, 4.69) is 5.32 Å². The molecule has 6 nitrogen and oxygen atoms in total. The first-order chi connectivity index (χ1) is 9.47. The standard InChI is InChI=1S/C13H10ClN3O3/c14-11-5-4-9(15)7-12(11)16-13(18)8-2-1-3-10(6-8)17(19)20/h1-7H,15H2,(H,16,18). The highest BCUT2D eigenvalue weighted by molar-refractivity contribution is 6.34. The van der Waals surface area contributed by atoms with Crippen molar-refractivity contribution in [2.45, 2.75) is 0 Å². The van der Waals surface area contributed by atoms with Crippen LogP contribution in [0.2, 0.25) is 5.02 Å². The van der Waals surface area contributed by atoms with E-state index in [4.69, 9.17) is 17.3 Å². The van der Waals surface area contributed by atoms with Crippen molar-refractivity contribution < 1.29 is 9.72 Å². The van der Waals surface area contributed by atoms with Crippen LogP contribution < -0.4 is 11.1 Å². The van der Waals surface area contributed by atoms with Gasteiger partial charge in [-0.3, -0.25) is 14.9 Å². The Morgan fingerprint density at radius 2 is 2.00 bits per heavy atom. The number of amides is 1. The molecule has 0 fully saturated rings. The number of halogens is 1. The van der Waals surface area contributed by atoms with E-state index in [1.165, 1.54) is 30.3 Å². The maximum atomic E-state index is 12.0. The Kier molecular flexibility index (Phi) is 3.86. The molecule has 0 aliphatic heterocycles. The Morgan fingerprint density at radius 1 is 1.25 bits per heavy atom. The van der Waals surface area contributed by atoms with E-state index in [0.29, 0.717) is 16.4 Å². The second-order valence-electron chi connectivity index (χ2n) is 4.00. The number of rotatable bonds is 3. The fourth-order valence-electron chi connectivity index (χ4n) is 1.59. The van der Waals surface area contributed by atoms with Crippen molar-refractivity contribution in [1.29, 1.82) is 0 Å². The molecule has 0 radical (unpaired) electrons. The summed E-state index contributed by atoms with van der Waals surface area (Å²) in [6.07, 6.45) is 0. The molecule has 2 aromatic rings. The van der Waals surface area contributed by atoms with Gasteiger partial charge in [-0.2, -0.15) is 0 Å². The summed E-state index contributed by atoms with van der Waals surface area (Å²) < 4.78 is 0. The number of non-ortho nitro benzene ring substituents is 1. The van der Waals surface area contributed by atoms with Crippen molar-refractivity contribution >= 4 is 34.6 Å². The van der Waals surface area contributed by atoms with Gasteiger partial charge in [0, 0.05) is 23.4 Å². The van der Waals surface area contributed by atoms with Gasteiger partial charge in [0.2, 0.25) is 0 Å². The van der Waals surface area contributed by atoms with Crippen LogP contribution in [0.15, 0.2) is 42.5 Å². The van der Waals surface area contributed by atoms with Gasteiger partial charge in [-0.1, -0.05) is 17.7 Å². The number of nitrogen functional groups attached to an aromatic ring is 1. The molecular formula is C13H10ClN3O3. The predicted octanol–water partition coefficient (Wildman–Crippen LogP) is 3.08. The van der Waals surface area contributed by atoms with Crippen molar-refractivity contribution in [3.05, 3.63) is 63.2 Å². The Labute approximate surface area is 119 Å². The second kappa shape index (κ2) is 5.58. The third kappa shape index (κ3) is 3.04. The first-order valence-electron chi connectivity index (χ1n) is 5.58. The maximum Gasteiger partial charge on any atom is 0.270 e. The molecular weight excluding hydrogens is 282 g/mol. The molecule has 0 spiro atoms. The zero-order valence-corrected chi connectivity index (χ0v) is 10.9.